The summed E-state index contributed by atoms with van der Waals surface area (Å²) in [5.41, 5.74) is 8.17. The quantitative estimate of drug-likeness (QED) is 0.332. The molecule has 4 N–H and O–H groups in total. The van der Waals surface area contributed by atoms with Crippen LogP contribution in [0.15, 0.2) is 58.9 Å². The third-order valence-corrected chi connectivity index (χ3v) is 5.50. The van der Waals surface area contributed by atoms with Crippen LogP contribution < -0.4 is 20.5 Å². The van der Waals surface area contributed by atoms with Gasteiger partial charge >= 0.3 is 6.09 Å². The number of phenolic OH excluding ortho intramolecular Hbond substituents is 1. The van der Waals surface area contributed by atoms with Crippen LogP contribution in [0.1, 0.15) is 16.0 Å². The van der Waals surface area contributed by atoms with Crippen LogP contribution in [-0.4, -0.2) is 37.8 Å². The van der Waals surface area contributed by atoms with Gasteiger partial charge in [0.15, 0.2) is 0 Å². The molecule has 0 spiro atoms. The number of alkyl carbamates (subject to hydrolysis) is 1. The van der Waals surface area contributed by atoms with Gasteiger partial charge in [-0.3, -0.25) is 0 Å². The molecule has 0 aliphatic rings. The van der Waals surface area contributed by atoms with Gasteiger partial charge in [0, 0.05) is 18.7 Å². The second kappa shape index (κ2) is 11.1. The Bertz CT molecular complexity index is 1070. The maximum Gasteiger partial charge on any atom is 0.407 e. The van der Waals surface area contributed by atoms with E-state index >= 15 is 0 Å². The van der Waals surface area contributed by atoms with E-state index in [0.29, 0.717) is 35.9 Å². The van der Waals surface area contributed by atoms with Crippen molar-refractivity contribution in [3.63, 3.8) is 0 Å². The summed E-state index contributed by atoms with van der Waals surface area (Å²) in [7, 11) is 2.95. The van der Waals surface area contributed by atoms with Crippen molar-refractivity contribution in [2.75, 3.05) is 20.8 Å². The number of rotatable bonds is 9. The minimum atomic E-state index is -0.591. The van der Waals surface area contributed by atoms with E-state index < -0.39 is 6.09 Å². The molecule has 0 fully saturated rings. The second-order valence-electron chi connectivity index (χ2n) is 6.72. The number of methoxy groups -OCH3 is 2. The normalized spacial score (nSPS) is 11.1. The van der Waals surface area contributed by atoms with Gasteiger partial charge in [-0.1, -0.05) is 18.2 Å². The number of amides is 1. The van der Waals surface area contributed by atoms with Crippen molar-refractivity contribution in [2.24, 2.45) is 10.7 Å². The van der Waals surface area contributed by atoms with Crippen molar-refractivity contribution in [3.05, 3.63) is 69.9 Å². The second-order valence-corrected chi connectivity index (χ2v) is 7.67. The third-order valence-electron chi connectivity index (χ3n) is 4.60. The molecule has 168 valence electrons. The van der Waals surface area contributed by atoms with Crippen LogP contribution in [0.25, 0.3) is 0 Å². The zero-order valence-corrected chi connectivity index (χ0v) is 18.6. The Balaban J connectivity index is 1.47. The Morgan fingerprint density at radius 1 is 1.16 bits per heavy atom. The standard InChI is InChI=1S/C23H25N3O5S/c1-29-17-12-19(27)18(20(13-17)30-2)14-31-23(28)25-10-9-15-5-7-16(8-6-15)26-22(24)21-4-3-11-32-21/h3-8,11-13,27H,9-10,14H2,1-2H3,(H2,24,26)(H,25,28). The molecule has 0 aliphatic carbocycles. The average molecular weight is 456 g/mol. The number of aliphatic imine (C=N–C) groups is 1. The zero-order chi connectivity index (χ0) is 22.9. The van der Waals surface area contributed by atoms with Crippen molar-refractivity contribution in [2.45, 2.75) is 13.0 Å². The van der Waals surface area contributed by atoms with Crippen molar-refractivity contribution < 1.29 is 24.1 Å². The molecule has 1 amide bonds. The predicted octanol–water partition coefficient (Wildman–Crippen LogP) is 3.98. The predicted molar refractivity (Wildman–Crippen MR) is 124 cm³/mol. The Morgan fingerprint density at radius 2 is 1.94 bits per heavy atom. The van der Waals surface area contributed by atoms with Crippen molar-refractivity contribution in [1.82, 2.24) is 5.32 Å². The highest BCUT2D eigenvalue weighted by Crippen LogP contribution is 2.33. The fourth-order valence-electron chi connectivity index (χ4n) is 2.90. The van der Waals surface area contributed by atoms with E-state index in [4.69, 9.17) is 19.9 Å². The minimum absolute atomic E-state index is 0.0727. The highest BCUT2D eigenvalue weighted by atomic mass is 32.1. The molecular formula is C23H25N3O5S. The number of nitrogens with one attached hydrogen (secondary N) is 1. The van der Waals surface area contributed by atoms with Crippen LogP contribution in [0.4, 0.5) is 10.5 Å². The number of carbonyl (C=O) groups excluding carboxylic acids is 1. The maximum atomic E-state index is 12.0. The van der Waals surface area contributed by atoms with E-state index in [9.17, 15) is 9.90 Å². The molecule has 0 bridgehead atoms. The first kappa shape index (κ1) is 23.0. The van der Waals surface area contributed by atoms with Crippen LogP contribution in [0.3, 0.4) is 0 Å². The fraction of sp³-hybridized carbons (Fsp3) is 0.217. The van der Waals surface area contributed by atoms with Gasteiger partial charge in [-0.25, -0.2) is 9.79 Å². The first-order valence-electron chi connectivity index (χ1n) is 9.81. The SMILES string of the molecule is COc1cc(O)c(COC(=O)NCCc2ccc(N=C(N)c3cccs3)cc2)c(OC)c1. The number of benzene rings is 2. The number of nitrogens with zero attached hydrogens (tertiary/aromatic N) is 1. The summed E-state index contributed by atoms with van der Waals surface area (Å²) in [4.78, 5) is 17.4. The Labute approximate surface area is 190 Å². The Morgan fingerprint density at radius 3 is 2.59 bits per heavy atom. The molecular weight excluding hydrogens is 430 g/mol. The highest BCUT2D eigenvalue weighted by molar-refractivity contribution is 7.12. The van der Waals surface area contributed by atoms with Gasteiger partial charge in [0.1, 0.15) is 29.7 Å². The molecule has 0 saturated carbocycles. The van der Waals surface area contributed by atoms with Gasteiger partial charge in [0.05, 0.1) is 30.3 Å². The molecule has 9 heteroatoms. The van der Waals surface area contributed by atoms with Gasteiger partial charge in [-0.05, 0) is 35.6 Å². The van der Waals surface area contributed by atoms with Gasteiger partial charge in [-0.2, -0.15) is 0 Å². The van der Waals surface area contributed by atoms with Gasteiger partial charge < -0.3 is 30.4 Å². The molecule has 2 aromatic carbocycles. The molecule has 0 unspecified atom stereocenters. The lowest BCUT2D eigenvalue weighted by Crippen LogP contribution is -2.26. The number of phenols is 1. The van der Waals surface area contributed by atoms with E-state index in [2.05, 4.69) is 10.3 Å². The van der Waals surface area contributed by atoms with Gasteiger partial charge in [0.2, 0.25) is 0 Å². The summed E-state index contributed by atoms with van der Waals surface area (Å²) in [6, 6.07) is 14.5. The summed E-state index contributed by atoms with van der Waals surface area (Å²) in [5, 5.41) is 14.8. The number of hydrogen-bond acceptors (Lipinski definition) is 7. The average Bonchev–Trinajstić information content (AvgIpc) is 3.34. The third kappa shape index (κ3) is 6.14. The molecule has 0 saturated heterocycles. The lowest BCUT2D eigenvalue weighted by molar-refractivity contribution is 0.137. The summed E-state index contributed by atoms with van der Waals surface area (Å²) < 4.78 is 15.5. The molecule has 32 heavy (non-hydrogen) atoms. The lowest BCUT2D eigenvalue weighted by atomic mass is 10.1. The molecule has 1 aromatic heterocycles. The molecule has 1 heterocycles. The highest BCUT2D eigenvalue weighted by Gasteiger charge is 2.14. The zero-order valence-electron chi connectivity index (χ0n) is 17.8. The number of carbonyl (C=O) groups is 1. The maximum absolute atomic E-state index is 12.0. The first-order chi connectivity index (χ1) is 15.5. The summed E-state index contributed by atoms with van der Waals surface area (Å²) in [5.74, 6) is 1.23. The number of ether oxygens (including phenoxy) is 3. The number of hydrogen-bond donors (Lipinski definition) is 3. The van der Waals surface area contributed by atoms with Crippen LogP contribution in [0.2, 0.25) is 0 Å². The fourth-order valence-corrected chi connectivity index (χ4v) is 3.53. The van der Waals surface area contributed by atoms with Crippen LogP contribution in [0, 0.1) is 0 Å². The summed E-state index contributed by atoms with van der Waals surface area (Å²) >= 11 is 1.54. The topological polar surface area (TPSA) is 115 Å². The van der Waals surface area contributed by atoms with Crippen LogP contribution >= 0.6 is 11.3 Å². The molecule has 0 aliphatic heterocycles. The van der Waals surface area contributed by atoms with E-state index in [1.54, 1.807) is 6.07 Å². The van der Waals surface area contributed by atoms with Crippen molar-refractivity contribution in [3.8, 4) is 17.2 Å². The summed E-state index contributed by atoms with van der Waals surface area (Å²) in [6.45, 7) is 0.258. The lowest BCUT2D eigenvalue weighted by Gasteiger charge is -2.13. The minimum Gasteiger partial charge on any atom is -0.507 e. The van der Waals surface area contributed by atoms with Crippen molar-refractivity contribution >= 4 is 29.0 Å². The van der Waals surface area contributed by atoms with E-state index in [1.807, 2.05) is 41.8 Å². The smallest absolute Gasteiger partial charge is 0.407 e. The Hall–Kier alpha value is -3.72. The van der Waals surface area contributed by atoms with E-state index in [0.717, 1.165) is 16.1 Å². The molecule has 0 radical (unpaired) electrons. The van der Waals surface area contributed by atoms with Gasteiger partial charge in [0.25, 0.3) is 0 Å². The molecule has 8 nitrogen and oxygen atoms in total. The first-order valence-corrected chi connectivity index (χ1v) is 10.7. The van der Waals surface area contributed by atoms with E-state index in [-0.39, 0.29) is 12.4 Å². The summed E-state index contributed by atoms with van der Waals surface area (Å²) in [6.07, 6.45) is 0.0311. The Kier molecular flexibility index (Phi) is 7.93. The number of amidine groups is 1. The van der Waals surface area contributed by atoms with E-state index in [1.165, 1.54) is 31.6 Å². The molecule has 3 rings (SSSR count). The monoisotopic (exact) mass is 455 g/mol. The molecule has 3 aromatic rings. The molecule has 0 atom stereocenters. The largest absolute Gasteiger partial charge is 0.507 e. The number of aromatic hydroxyl groups is 1. The van der Waals surface area contributed by atoms with Crippen molar-refractivity contribution in [1.29, 1.82) is 0 Å². The van der Waals surface area contributed by atoms with Crippen LogP contribution in [0.5, 0.6) is 17.2 Å². The van der Waals surface area contributed by atoms with Crippen LogP contribution in [-0.2, 0) is 17.8 Å². The number of nitrogens with two attached hydrogens (primary N) is 1. The number of thiophene rings is 1. The van der Waals surface area contributed by atoms with Gasteiger partial charge in [-0.15, -0.1) is 11.3 Å².